The summed E-state index contributed by atoms with van der Waals surface area (Å²) in [6.07, 6.45) is 1.04. The molecular formula is C9H21N3S. The van der Waals surface area contributed by atoms with Gasteiger partial charge in [-0.05, 0) is 19.1 Å². The van der Waals surface area contributed by atoms with E-state index in [9.17, 15) is 0 Å². The van der Waals surface area contributed by atoms with Crippen LogP contribution in [-0.4, -0.2) is 30.1 Å². The van der Waals surface area contributed by atoms with E-state index in [1.165, 1.54) is 0 Å². The topological polar surface area (TPSA) is 50.4 Å². The zero-order valence-corrected chi connectivity index (χ0v) is 9.66. The number of rotatable bonds is 6. The van der Waals surface area contributed by atoms with Gasteiger partial charge in [0, 0.05) is 18.3 Å². The van der Waals surface area contributed by atoms with Crippen LogP contribution < -0.4 is 11.1 Å². The molecule has 0 radical (unpaired) electrons. The smallest absolute Gasteiger partial charge is 0.188 e. The van der Waals surface area contributed by atoms with Crippen molar-refractivity contribution < 1.29 is 0 Å². The van der Waals surface area contributed by atoms with Gasteiger partial charge < -0.3 is 11.1 Å². The van der Waals surface area contributed by atoms with E-state index in [2.05, 4.69) is 31.1 Å². The fraction of sp³-hybridized carbons (Fsp3) is 0.889. The SMILES string of the molecule is CCCN=C(N)NC(C)CSCC. The third-order valence-corrected chi connectivity index (χ3v) is 2.62. The standard InChI is InChI=1S/C9H21N3S/c1-4-6-11-9(10)12-8(3)7-13-5-2/h8H,4-7H2,1-3H3,(H3,10,11,12). The van der Waals surface area contributed by atoms with Gasteiger partial charge in [-0.2, -0.15) is 11.8 Å². The predicted molar refractivity (Wildman–Crippen MR) is 62.4 cm³/mol. The van der Waals surface area contributed by atoms with E-state index in [1.54, 1.807) is 0 Å². The van der Waals surface area contributed by atoms with Crippen molar-refractivity contribution in [3.05, 3.63) is 0 Å². The number of guanidine groups is 1. The first-order valence-corrected chi connectivity index (χ1v) is 6.00. The summed E-state index contributed by atoms with van der Waals surface area (Å²) >= 11 is 1.91. The summed E-state index contributed by atoms with van der Waals surface area (Å²) in [6, 6.07) is 0.408. The summed E-state index contributed by atoms with van der Waals surface area (Å²) in [5, 5.41) is 3.16. The molecule has 1 unspecified atom stereocenters. The Bertz CT molecular complexity index is 148. The largest absolute Gasteiger partial charge is 0.370 e. The van der Waals surface area contributed by atoms with Gasteiger partial charge in [-0.1, -0.05) is 13.8 Å². The lowest BCUT2D eigenvalue weighted by atomic mass is 10.4. The van der Waals surface area contributed by atoms with Gasteiger partial charge in [0.05, 0.1) is 0 Å². The molecule has 0 aromatic rings. The van der Waals surface area contributed by atoms with Crippen LogP contribution in [-0.2, 0) is 0 Å². The van der Waals surface area contributed by atoms with E-state index in [-0.39, 0.29) is 0 Å². The quantitative estimate of drug-likeness (QED) is 0.507. The lowest BCUT2D eigenvalue weighted by Gasteiger charge is -2.13. The minimum atomic E-state index is 0.408. The first kappa shape index (κ1) is 12.6. The maximum Gasteiger partial charge on any atom is 0.188 e. The molecule has 0 rings (SSSR count). The Kier molecular flexibility index (Phi) is 7.99. The average Bonchev–Trinajstić information content (AvgIpc) is 2.11. The van der Waals surface area contributed by atoms with Crippen LogP contribution in [0.5, 0.6) is 0 Å². The number of nitrogens with two attached hydrogens (primary N) is 1. The van der Waals surface area contributed by atoms with Gasteiger partial charge in [0.25, 0.3) is 0 Å². The Hall–Kier alpha value is -0.380. The highest BCUT2D eigenvalue weighted by Crippen LogP contribution is 2.00. The maximum atomic E-state index is 5.66. The van der Waals surface area contributed by atoms with E-state index >= 15 is 0 Å². The van der Waals surface area contributed by atoms with Crippen LogP contribution in [0.3, 0.4) is 0 Å². The molecule has 0 aromatic carbocycles. The Balaban J connectivity index is 3.57. The highest BCUT2D eigenvalue weighted by molar-refractivity contribution is 7.99. The molecule has 0 aromatic heterocycles. The second-order valence-corrected chi connectivity index (χ2v) is 4.29. The van der Waals surface area contributed by atoms with E-state index in [4.69, 9.17) is 5.73 Å². The molecule has 1 atom stereocenters. The minimum Gasteiger partial charge on any atom is -0.370 e. The predicted octanol–water partition coefficient (Wildman–Crippen LogP) is 1.44. The molecule has 0 heterocycles. The van der Waals surface area contributed by atoms with Gasteiger partial charge in [0.1, 0.15) is 0 Å². The number of hydrogen-bond donors (Lipinski definition) is 2. The molecule has 0 aliphatic heterocycles. The molecule has 3 N–H and O–H groups in total. The van der Waals surface area contributed by atoms with E-state index in [0.29, 0.717) is 12.0 Å². The Morgan fingerprint density at radius 1 is 1.54 bits per heavy atom. The van der Waals surface area contributed by atoms with Crippen molar-refractivity contribution >= 4 is 17.7 Å². The lowest BCUT2D eigenvalue weighted by molar-refractivity contribution is 0.732. The second-order valence-electron chi connectivity index (χ2n) is 2.97. The maximum absolute atomic E-state index is 5.66. The molecule has 0 saturated carbocycles. The highest BCUT2D eigenvalue weighted by atomic mass is 32.2. The van der Waals surface area contributed by atoms with E-state index in [0.717, 1.165) is 24.5 Å². The number of thioether (sulfide) groups is 1. The first-order valence-electron chi connectivity index (χ1n) is 4.84. The Morgan fingerprint density at radius 3 is 2.77 bits per heavy atom. The molecule has 0 saturated heterocycles. The van der Waals surface area contributed by atoms with Gasteiger partial charge in [-0.15, -0.1) is 0 Å². The van der Waals surface area contributed by atoms with Crippen molar-refractivity contribution in [3.63, 3.8) is 0 Å². The zero-order valence-electron chi connectivity index (χ0n) is 8.84. The van der Waals surface area contributed by atoms with Crippen LogP contribution in [0.2, 0.25) is 0 Å². The first-order chi connectivity index (χ1) is 6.20. The molecular weight excluding hydrogens is 182 g/mol. The molecule has 3 nitrogen and oxygen atoms in total. The van der Waals surface area contributed by atoms with Crippen molar-refractivity contribution in [3.8, 4) is 0 Å². The van der Waals surface area contributed by atoms with Crippen molar-refractivity contribution in [1.82, 2.24) is 5.32 Å². The van der Waals surface area contributed by atoms with Crippen molar-refractivity contribution in [2.24, 2.45) is 10.7 Å². The van der Waals surface area contributed by atoms with Crippen molar-refractivity contribution in [2.75, 3.05) is 18.1 Å². The summed E-state index contributed by atoms with van der Waals surface area (Å²) < 4.78 is 0. The molecule has 4 heteroatoms. The van der Waals surface area contributed by atoms with Crippen molar-refractivity contribution in [1.29, 1.82) is 0 Å². The van der Waals surface area contributed by atoms with Crippen LogP contribution in [0, 0.1) is 0 Å². The summed E-state index contributed by atoms with van der Waals surface area (Å²) in [7, 11) is 0. The third kappa shape index (κ3) is 7.96. The van der Waals surface area contributed by atoms with Gasteiger partial charge in [0.15, 0.2) is 5.96 Å². The lowest BCUT2D eigenvalue weighted by Crippen LogP contribution is -2.39. The summed E-state index contributed by atoms with van der Waals surface area (Å²) in [4.78, 5) is 4.16. The van der Waals surface area contributed by atoms with Gasteiger partial charge >= 0.3 is 0 Å². The molecule has 0 bridgehead atoms. The molecule has 0 spiro atoms. The fourth-order valence-electron chi connectivity index (χ4n) is 0.867. The van der Waals surface area contributed by atoms with Crippen LogP contribution in [0.1, 0.15) is 27.2 Å². The van der Waals surface area contributed by atoms with Crippen LogP contribution in [0.4, 0.5) is 0 Å². The van der Waals surface area contributed by atoms with Crippen molar-refractivity contribution in [2.45, 2.75) is 33.2 Å². The minimum absolute atomic E-state index is 0.408. The highest BCUT2D eigenvalue weighted by Gasteiger charge is 2.00. The third-order valence-electron chi connectivity index (χ3n) is 1.47. The number of nitrogens with one attached hydrogen (secondary N) is 1. The number of aliphatic imine (C=N–C) groups is 1. The van der Waals surface area contributed by atoms with Crippen LogP contribution in [0.25, 0.3) is 0 Å². The fourth-order valence-corrected chi connectivity index (χ4v) is 1.54. The molecule has 0 aliphatic carbocycles. The number of hydrogen-bond acceptors (Lipinski definition) is 2. The summed E-state index contributed by atoms with van der Waals surface area (Å²) in [6.45, 7) is 7.18. The monoisotopic (exact) mass is 203 g/mol. The molecule has 13 heavy (non-hydrogen) atoms. The molecule has 0 aliphatic rings. The number of nitrogens with zero attached hydrogens (tertiary/aromatic N) is 1. The van der Waals surface area contributed by atoms with E-state index < -0.39 is 0 Å². The summed E-state index contributed by atoms with van der Waals surface area (Å²) in [5.41, 5.74) is 5.66. The molecule has 0 amide bonds. The average molecular weight is 203 g/mol. The summed E-state index contributed by atoms with van der Waals surface area (Å²) in [5.74, 6) is 2.81. The normalized spacial score (nSPS) is 14.2. The van der Waals surface area contributed by atoms with Gasteiger partial charge in [0.2, 0.25) is 0 Å². The molecule has 78 valence electrons. The second kappa shape index (κ2) is 8.23. The Morgan fingerprint density at radius 2 is 2.23 bits per heavy atom. The van der Waals surface area contributed by atoms with Crippen LogP contribution >= 0.6 is 11.8 Å². The van der Waals surface area contributed by atoms with Gasteiger partial charge in [-0.25, -0.2) is 0 Å². The molecule has 0 fully saturated rings. The van der Waals surface area contributed by atoms with E-state index in [1.807, 2.05) is 11.8 Å². The zero-order chi connectivity index (χ0) is 10.1. The Labute approximate surface area is 85.6 Å². The van der Waals surface area contributed by atoms with Crippen LogP contribution in [0.15, 0.2) is 4.99 Å². The van der Waals surface area contributed by atoms with Gasteiger partial charge in [-0.3, -0.25) is 4.99 Å².